The molecular weight excluding hydrogens is 160 g/mol. The largest absolute Gasteiger partial charge is 0.383 e. The molecule has 13 heavy (non-hydrogen) atoms. The number of hydrogen-bond acceptors (Lipinski definition) is 2. The number of rotatable bonds is 3. The van der Waals surface area contributed by atoms with E-state index >= 15 is 0 Å². The molecule has 2 heteroatoms. The minimum Gasteiger partial charge on any atom is -0.383 e. The van der Waals surface area contributed by atoms with Crippen molar-refractivity contribution in [2.75, 3.05) is 5.73 Å². The van der Waals surface area contributed by atoms with Crippen LogP contribution in [-0.4, -0.2) is 4.98 Å². The molecule has 2 N–H and O–H groups in total. The van der Waals surface area contributed by atoms with Gasteiger partial charge >= 0.3 is 0 Å². The number of pyridine rings is 1. The summed E-state index contributed by atoms with van der Waals surface area (Å²) in [5.74, 6) is 1.19. The quantitative estimate of drug-likeness (QED) is 0.768. The van der Waals surface area contributed by atoms with E-state index in [-0.39, 0.29) is 0 Å². The third-order valence-electron chi connectivity index (χ3n) is 1.85. The van der Waals surface area contributed by atoms with Gasteiger partial charge in [0, 0.05) is 11.3 Å². The van der Waals surface area contributed by atoms with Crippen LogP contribution in [-0.2, 0) is 6.42 Å². The minimum absolute atomic E-state index is 0.577. The molecule has 0 radical (unpaired) electrons. The number of aromatic nitrogens is 1. The molecular formula is C11H16N2. The van der Waals surface area contributed by atoms with Crippen molar-refractivity contribution in [3.8, 4) is 0 Å². The van der Waals surface area contributed by atoms with Crippen LogP contribution in [0.3, 0.4) is 0 Å². The standard InChI is InChI=1S/C11H16N2/c1-4-9-5-6-10(7-8(2)3)13-11(9)12/h4-6,8H,1,7H2,2-3H3,(H2,12,13). The lowest BCUT2D eigenvalue weighted by Crippen LogP contribution is -2.01. The molecule has 0 bridgehead atoms. The van der Waals surface area contributed by atoms with E-state index in [9.17, 15) is 0 Å². The van der Waals surface area contributed by atoms with Crippen molar-refractivity contribution in [3.63, 3.8) is 0 Å². The average Bonchev–Trinajstić information content (AvgIpc) is 2.03. The van der Waals surface area contributed by atoms with E-state index in [0.717, 1.165) is 17.7 Å². The molecule has 0 saturated carbocycles. The molecule has 2 nitrogen and oxygen atoms in total. The van der Waals surface area contributed by atoms with Gasteiger partial charge in [0.1, 0.15) is 5.82 Å². The van der Waals surface area contributed by atoms with Crippen LogP contribution < -0.4 is 5.73 Å². The van der Waals surface area contributed by atoms with Crippen molar-refractivity contribution < 1.29 is 0 Å². The van der Waals surface area contributed by atoms with Gasteiger partial charge in [-0.05, 0) is 24.5 Å². The van der Waals surface area contributed by atoms with Gasteiger partial charge < -0.3 is 5.73 Å². The summed E-state index contributed by atoms with van der Waals surface area (Å²) in [6, 6.07) is 3.97. The lowest BCUT2D eigenvalue weighted by atomic mass is 10.1. The predicted molar refractivity (Wildman–Crippen MR) is 57.3 cm³/mol. The van der Waals surface area contributed by atoms with Gasteiger partial charge in [0.25, 0.3) is 0 Å². The molecule has 70 valence electrons. The van der Waals surface area contributed by atoms with Gasteiger partial charge in [-0.3, -0.25) is 0 Å². The zero-order valence-corrected chi connectivity index (χ0v) is 8.25. The molecule has 1 aromatic heterocycles. The highest BCUT2D eigenvalue weighted by Gasteiger charge is 2.01. The molecule has 0 aliphatic heterocycles. The fraction of sp³-hybridized carbons (Fsp3) is 0.364. The Kier molecular flexibility index (Phi) is 3.07. The number of nitrogens with zero attached hydrogens (tertiary/aromatic N) is 1. The number of hydrogen-bond donors (Lipinski definition) is 1. The van der Waals surface area contributed by atoms with Crippen LogP contribution in [0.25, 0.3) is 6.08 Å². The van der Waals surface area contributed by atoms with Gasteiger partial charge in [0.2, 0.25) is 0 Å². The topological polar surface area (TPSA) is 38.9 Å². The van der Waals surface area contributed by atoms with E-state index in [1.807, 2.05) is 12.1 Å². The zero-order chi connectivity index (χ0) is 9.84. The molecule has 1 heterocycles. The Hall–Kier alpha value is -1.31. The SMILES string of the molecule is C=Cc1ccc(CC(C)C)nc1N. The highest BCUT2D eigenvalue weighted by atomic mass is 14.8. The molecule has 1 aromatic rings. The predicted octanol–water partition coefficient (Wildman–Crippen LogP) is 2.51. The van der Waals surface area contributed by atoms with Crippen LogP contribution in [0.4, 0.5) is 5.82 Å². The normalized spacial score (nSPS) is 10.4. The van der Waals surface area contributed by atoms with Gasteiger partial charge in [-0.25, -0.2) is 4.98 Å². The molecule has 0 amide bonds. The maximum Gasteiger partial charge on any atom is 0.130 e. The Bertz CT molecular complexity index is 303. The number of anilines is 1. The van der Waals surface area contributed by atoms with Crippen LogP contribution in [0, 0.1) is 5.92 Å². The monoisotopic (exact) mass is 176 g/mol. The molecule has 0 aliphatic rings. The second kappa shape index (κ2) is 4.08. The molecule has 0 atom stereocenters. The third-order valence-corrected chi connectivity index (χ3v) is 1.85. The first-order valence-electron chi connectivity index (χ1n) is 4.51. The summed E-state index contributed by atoms with van der Waals surface area (Å²) in [7, 11) is 0. The first-order valence-corrected chi connectivity index (χ1v) is 4.51. The molecule has 0 saturated heterocycles. The Morgan fingerprint density at radius 3 is 2.69 bits per heavy atom. The van der Waals surface area contributed by atoms with Gasteiger partial charge in [-0.15, -0.1) is 0 Å². The van der Waals surface area contributed by atoms with Crippen LogP contribution >= 0.6 is 0 Å². The van der Waals surface area contributed by atoms with E-state index in [0.29, 0.717) is 11.7 Å². The molecule has 1 rings (SSSR count). The highest BCUT2D eigenvalue weighted by Crippen LogP contribution is 2.13. The van der Waals surface area contributed by atoms with Crippen molar-refractivity contribution >= 4 is 11.9 Å². The van der Waals surface area contributed by atoms with Gasteiger partial charge in [-0.1, -0.05) is 26.5 Å². The van der Waals surface area contributed by atoms with E-state index in [4.69, 9.17) is 5.73 Å². The first-order chi connectivity index (χ1) is 6.13. The lowest BCUT2D eigenvalue weighted by Gasteiger charge is -2.06. The average molecular weight is 176 g/mol. The number of nitrogen functional groups attached to an aromatic ring is 1. The summed E-state index contributed by atoms with van der Waals surface area (Å²) < 4.78 is 0. The van der Waals surface area contributed by atoms with E-state index in [1.54, 1.807) is 6.08 Å². The van der Waals surface area contributed by atoms with Gasteiger partial charge in [0.05, 0.1) is 0 Å². The molecule has 0 spiro atoms. The second-order valence-corrected chi connectivity index (χ2v) is 3.58. The van der Waals surface area contributed by atoms with Crippen molar-refractivity contribution in [3.05, 3.63) is 30.0 Å². The Morgan fingerprint density at radius 1 is 1.54 bits per heavy atom. The van der Waals surface area contributed by atoms with Crippen molar-refractivity contribution in [1.82, 2.24) is 4.98 Å². The van der Waals surface area contributed by atoms with Crippen LogP contribution in [0.5, 0.6) is 0 Å². The fourth-order valence-electron chi connectivity index (χ4n) is 1.23. The smallest absolute Gasteiger partial charge is 0.130 e. The highest BCUT2D eigenvalue weighted by molar-refractivity contribution is 5.59. The summed E-state index contributed by atoms with van der Waals surface area (Å²) in [5.41, 5.74) is 7.69. The summed E-state index contributed by atoms with van der Waals surface area (Å²) >= 11 is 0. The number of nitrogens with two attached hydrogens (primary N) is 1. The zero-order valence-electron chi connectivity index (χ0n) is 8.25. The fourth-order valence-corrected chi connectivity index (χ4v) is 1.23. The lowest BCUT2D eigenvalue weighted by molar-refractivity contribution is 0.636. The molecule has 0 fully saturated rings. The second-order valence-electron chi connectivity index (χ2n) is 3.58. The molecule has 0 aliphatic carbocycles. The summed E-state index contributed by atoms with van der Waals surface area (Å²) in [5, 5.41) is 0. The first kappa shape index (κ1) is 9.78. The summed E-state index contributed by atoms with van der Waals surface area (Å²) in [6.45, 7) is 7.99. The molecule has 0 unspecified atom stereocenters. The summed E-state index contributed by atoms with van der Waals surface area (Å²) in [4.78, 5) is 4.29. The summed E-state index contributed by atoms with van der Waals surface area (Å²) in [6.07, 6.45) is 2.70. The van der Waals surface area contributed by atoms with Crippen molar-refractivity contribution in [2.24, 2.45) is 5.92 Å². The van der Waals surface area contributed by atoms with E-state index in [1.165, 1.54) is 0 Å². The molecule has 0 aromatic carbocycles. The third kappa shape index (κ3) is 2.58. The van der Waals surface area contributed by atoms with Gasteiger partial charge in [0.15, 0.2) is 0 Å². The van der Waals surface area contributed by atoms with Crippen molar-refractivity contribution in [2.45, 2.75) is 20.3 Å². The van der Waals surface area contributed by atoms with E-state index < -0.39 is 0 Å². The van der Waals surface area contributed by atoms with Crippen molar-refractivity contribution in [1.29, 1.82) is 0 Å². The van der Waals surface area contributed by atoms with Crippen LogP contribution in [0.15, 0.2) is 18.7 Å². The maximum absolute atomic E-state index is 5.73. The Morgan fingerprint density at radius 2 is 2.23 bits per heavy atom. The Balaban J connectivity index is 2.89. The van der Waals surface area contributed by atoms with Crippen LogP contribution in [0.2, 0.25) is 0 Å². The van der Waals surface area contributed by atoms with Crippen LogP contribution in [0.1, 0.15) is 25.1 Å². The maximum atomic E-state index is 5.73. The van der Waals surface area contributed by atoms with Gasteiger partial charge in [-0.2, -0.15) is 0 Å². The minimum atomic E-state index is 0.577. The Labute approximate surface area is 79.5 Å². The van der Waals surface area contributed by atoms with E-state index in [2.05, 4.69) is 25.4 Å².